The number of rotatable bonds is 2. The summed E-state index contributed by atoms with van der Waals surface area (Å²) >= 11 is 9.41. The van der Waals surface area contributed by atoms with E-state index >= 15 is 0 Å². The molecule has 4 nitrogen and oxygen atoms in total. The first-order valence-corrected chi connectivity index (χ1v) is 4.62. The summed E-state index contributed by atoms with van der Waals surface area (Å²) in [6.45, 7) is 0. The molecule has 1 aromatic carbocycles. The molecule has 0 spiro atoms. The van der Waals surface area contributed by atoms with E-state index in [2.05, 4.69) is 10.6 Å². The lowest BCUT2D eigenvalue weighted by molar-refractivity contribution is 1.57. The van der Waals surface area contributed by atoms with Crippen LogP contribution < -0.4 is 22.1 Å². The predicted octanol–water partition coefficient (Wildman–Crippen LogP) is 0.998. The van der Waals surface area contributed by atoms with Gasteiger partial charge in [0.15, 0.2) is 10.2 Å². The van der Waals surface area contributed by atoms with Gasteiger partial charge in [0, 0.05) is 11.4 Å². The molecule has 14 heavy (non-hydrogen) atoms. The van der Waals surface area contributed by atoms with Gasteiger partial charge < -0.3 is 22.1 Å². The fourth-order valence-electron chi connectivity index (χ4n) is 0.959. The van der Waals surface area contributed by atoms with E-state index in [0.717, 1.165) is 11.4 Å². The maximum Gasteiger partial charge on any atom is 0.168 e. The van der Waals surface area contributed by atoms with Gasteiger partial charge in [-0.15, -0.1) is 0 Å². The van der Waals surface area contributed by atoms with Crippen molar-refractivity contribution in [3.05, 3.63) is 24.3 Å². The summed E-state index contributed by atoms with van der Waals surface area (Å²) in [5.41, 5.74) is 12.2. The monoisotopic (exact) mass is 226 g/mol. The summed E-state index contributed by atoms with van der Waals surface area (Å²) in [4.78, 5) is 0. The van der Waals surface area contributed by atoms with Crippen molar-refractivity contribution in [1.82, 2.24) is 0 Å². The van der Waals surface area contributed by atoms with Gasteiger partial charge in [0.05, 0.1) is 0 Å². The first-order chi connectivity index (χ1) is 6.58. The third kappa shape index (κ3) is 3.55. The number of hydrogen-bond donors (Lipinski definition) is 4. The van der Waals surface area contributed by atoms with Crippen LogP contribution in [0.3, 0.4) is 0 Å². The average Bonchev–Trinajstić information content (AvgIpc) is 2.01. The minimum atomic E-state index is 0.220. The number of hydrogen-bond acceptors (Lipinski definition) is 2. The van der Waals surface area contributed by atoms with E-state index in [-0.39, 0.29) is 10.2 Å². The molecule has 0 aliphatic heterocycles. The highest BCUT2D eigenvalue weighted by Gasteiger charge is 1.96. The molecular weight excluding hydrogens is 216 g/mol. The summed E-state index contributed by atoms with van der Waals surface area (Å²) in [6.07, 6.45) is 0. The molecule has 6 heteroatoms. The molecule has 0 aliphatic carbocycles. The molecule has 1 aromatic rings. The molecule has 0 atom stereocenters. The topological polar surface area (TPSA) is 76.1 Å². The zero-order chi connectivity index (χ0) is 10.6. The normalized spacial score (nSPS) is 9.14. The first kappa shape index (κ1) is 10.7. The first-order valence-electron chi connectivity index (χ1n) is 3.81. The van der Waals surface area contributed by atoms with Crippen molar-refractivity contribution in [1.29, 1.82) is 0 Å². The number of thiocarbonyl (C=S) groups is 2. The lowest BCUT2D eigenvalue weighted by Gasteiger charge is -2.07. The van der Waals surface area contributed by atoms with E-state index < -0.39 is 0 Å². The van der Waals surface area contributed by atoms with Crippen molar-refractivity contribution in [2.45, 2.75) is 0 Å². The lowest BCUT2D eigenvalue weighted by Crippen LogP contribution is -2.20. The van der Waals surface area contributed by atoms with Crippen LogP contribution >= 0.6 is 24.4 Å². The number of nitrogens with one attached hydrogen (secondary N) is 2. The summed E-state index contributed by atoms with van der Waals surface area (Å²) in [5, 5.41) is 6.05. The predicted molar refractivity (Wildman–Crippen MR) is 67.3 cm³/mol. The van der Waals surface area contributed by atoms with Gasteiger partial charge in [-0.05, 0) is 42.6 Å². The molecule has 0 unspecified atom stereocenters. The van der Waals surface area contributed by atoms with Crippen LogP contribution in [0.2, 0.25) is 0 Å². The Kier molecular flexibility index (Phi) is 3.61. The van der Waals surface area contributed by atoms with E-state index in [9.17, 15) is 0 Å². The third-order valence-corrected chi connectivity index (χ3v) is 1.60. The van der Waals surface area contributed by atoms with E-state index in [0.29, 0.717) is 0 Å². The Bertz CT molecular complexity index is 333. The summed E-state index contributed by atoms with van der Waals surface area (Å²) in [7, 11) is 0. The van der Waals surface area contributed by atoms with Gasteiger partial charge in [0.2, 0.25) is 0 Å². The summed E-state index contributed by atoms with van der Waals surface area (Å²) in [5.74, 6) is 0. The van der Waals surface area contributed by atoms with Crippen molar-refractivity contribution >= 4 is 46.0 Å². The Morgan fingerprint density at radius 3 is 1.79 bits per heavy atom. The molecule has 0 aliphatic rings. The van der Waals surface area contributed by atoms with E-state index in [4.69, 9.17) is 35.9 Å². The number of anilines is 2. The van der Waals surface area contributed by atoms with Crippen LogP contribution in [0.15, 0.2) is 24.3 Å². The molecule has 0 heterocycles. The standard InChI is InChI=1S/C8H10N4S2/c9-7(13)11-5-2-1-3-6(4-5)12-8(10)14/h1-4H,(H3,9,11,13)(H3,10,12,14). The molecule has 0 aromatic heterocycles. The van der Waals surface area contributed by atoms with Gasteiger partial charge in [0.1, 0.15) is 0 Å². The van der Waals surface area contributed by atoms with E-state index in [1.54, 1.807) is 6.07 Å². The lowest BCUT2D eigenvalue weighted by atomic mass is 10.3. The molecule has 0 saturated carbocycles. The molecule has 74 valence electrons. The maximum absolute atomic E-state index is 5.33. The molecular formula is C8H10N4S2. The van der Waals surface area contributed by atoms with Gasteiger partial charge in [0.25, 0.3) is 0 Å². The van der Waals surface area contributed by atoms with Crippen LogP contribution in [0, 0.1) is 0 Å². The van der Waals surface area contributed by atoms with Crippen LogP contribution in [0.1, 0.15) is 0 Å². The molecule has 6 N–H and O–H groups in total. The SMILES string of the molecule is NC(=S)Nc1cccc(NC(N)=S)c1. The fourth-order valence-corrected chi connectivity index (χ4v) is 1.19. The molecule has 0 bridgehead atoms. The van der Waals surface area contributed by atoms with Crippen LogP contribution in [0.25, 0.3) is 0 Å². The van der Waals surface area contributed by atoms with Gasteiger partial charge in [-0.2, -0.15) is 0 Å². The van der Waals surface area contributed by atoms with Crippen LogP contribution in [-0.2, 0) is 0 Å². The zero-order valence-corrected chi connectivity index (χ0v) is 8.91. The van der Waals surface area contributed by atoms with Crippen molar-refractivity contribution in [3.8, 4) is 0 Å². The van der Waals surface area contributed by atoms with Gasteiger partial charge in [-0.3, -0.25) is 0 Å². The maximum atomic E-state index is 5.33. The molecule has 0 amide bonds. The Morgan fingerprint density at radius 2 is 1.43 bits per heavy atom. The van der Waals surface area contributed by atoms with Gasteiger partial charge >= 0.3 is 0 Å². The van der Waals surface area contributed by atoms with E-state index in [1.807, 2.05) is 18.2 Å². The van der Waals surface area contributed by atoms with Crippen LogP contribution in [0.5, 0.6) is 0 Å². The quantitative estimate of drug-likeness (QED) is 0.564. The van der Waals surface area contributed by atoms with Crippen LogP contribution in [0.4, 0.5) is 11.4 Å². The Balaban J connectivity index is 2.78. The average molecular weight is 226 g/mol. The minimum Gasteiger partial charge on any atom is -0.376 e. The van der Waals surface area contributed by atoms with Crippen molar-refractivity contribution in [2.75, 3.05) is 10.6 Å². The molecule has 0 fully saturated rings. The summed E-state index contributed by atoms with van der Waals surface area (Å²) in [6, 6.07) is 7.31. The highest BCUT2D eigenvalue weighted by Crippen LogP contribution is 2.14. The number of nitrogens with two attached hydrogens (primary N) is 2. The zero-order valence-electron chi connectivity index (χ0n) is 7.28. The smallest absolute Gasteiger partial charge is 0.168 e. The largest absolute Gasteiger partial charge is 0.376 e. The molecule has 1 rings (SSSR count). The van der Waals surface area contributed by atoms with Gasteiger partial charge in [-0.1, -0.05) is 6.07 Å². The van der Waals surface area contributed by atoms with E-state index in [1.165, 1.54) is 0 Å². The Hall–Kier alpha value is -1.40. The highest BCUT2D eigenvalue weighted by atomic mass is 32.1. The summed E-state index contributed by atoms with van der Waals surface area (Å²) < 4.78 is 0. The van der Waals surface area contributed by atoms with Crippen molar-refractivity contribution in [3.63, 3.8) is 0 Å². The van der Waals surface area contributed by atoms with Crippen molar-refractivity contribution in [2.24, 2.45) is 11.5 Å². The molecule has 0 radical (unpaired) electrons. The van der Waals surface area contributed by atoms with Crippen LogP contribution in [-0.4, -0.2) is 10.2 Å². The highest BCUT2D eigenvalue weighted by molar-refractivity contribution is 7.80. The second-order valence-electron chi connectivity index (χ2n) is 2.56. The fraction of sp³-hybridized carbons (Fsp3) is 0. The second-order valence-corrected chi connectivity index (χ2v) is 3.44. The third-order valence-electron chi connectivity index (χ3n) is 1.40. The van der Waals surface area contributed by atoms with Gasteiger partial charge in [-0.25, -0.2) is 0 Å². The number of benzene rings is 1. The Labute approximate surface area is 92.7 Å². The second kappa shape index (κ2) is 4.73. The minimum absolute atomic E-state index is 0.220. The van der Waals surface area contributed by atoms with Crippen molar-refractivity contribution < 1.29 is 0 Å². The Morgan fingerprint density at radius 1 is 1.00 bits per heavy atom. The molecule has 0 saturated heterocycles.